The van der Waals surface area contributed by atoms with Crippen molar-refractivity contribution in [3.63, 3.8) is 0 Å². The van der Waals surface area contributed by atoms with Gasteiger partial charge in [0.05, 0.1) is 0 Å². The summed E-state index contributed by atoms with van der Waals surface area (Å²) in [5, 5.41) is 3.80. The highest BCUT2D eigenvalue weighted by Crippen LogP contribution is 2.23. The largest absolute Gasteiger partial charge is 0.312 e. The van der Waals surface area contributed by atoms with Crippen LogP contribution in [0.15, 0.2) is 0 Å². The molecule has 2 aliphatic rings. The van der Waals surface area contributed by atoms with E-state index in [2.05, 4.69) is 29.0 Å². The minimum absolute atomic E-state index is 0.787. The number of nitrogens with one attached hydrogen (secondary N) is 1. The quantitative estimate of drug-likeness (QED) is 0.796. The summed E-state index contributed by atoms with van der Waals surface area (Å²) >= 11 is 0. The lowest BCUT2D eigenvalue weighted by molar-refractivity contribution is 0.130. The topological polar surface area (TPSA) is 18.5 Å². The Morgan fingerprint density at radius 2 is 1.58 bits per heavy atom. The smallest absolute Gasteiger partial charge is 0.0110 e. The van der Waals surface area contributed by atoms with Gasteiger partial charge in [-0.2, -0.15) is 0 Å². The number of rotatable bonds is 6. The first-order valence-electron chi connectivity index (χ1n) is 8.47. The second-order valence-corrected chi connectivity index (χ2v) is 6.51. The van der Waals surface area contributed by atoms with Crippen molar-refractivity contribution in [3.8, 4) is 0 Å². The monoisotopic (exact) mass is 267 g/mol. The zero-order chi connectivity index (χ0) is 13.5. The SMILES string of the molecule is CCCN1CCN(CCNC2CCCCC2C)CC1. The average Bonchev–Trinajstić information content (AvgIpc) is 2.43. The maximum absolute atomic E-state index is 3.80. The van der Waals surface area contributed by atoms with Gasteiger partial charge in [-0.1, -0.05) is 26.7 Å². The molecule has 0 aromatic rings. The van der Waals surface area contributed by atoms with E-state index in [1.807, 2.05) is 0 Å². The van der Waals surface area contributed by atoms with Crippen molar-refractivity contribution in [3.05, 3.63) is 0 Å². The second kappa shape index (κ2) is 8.23. The zero-order valence-corrected chi connectivity index (χ0v) is 13.0. The standard InChI is InChI=1S/C16H33N3/c1-3-9-18-11-13-19(14-12-18)10-8-17-16-7-5-4-6-15(16)2/h15-17H,3-14H2,1-2H3. The molecule has 0 spiro atoms. The van der Waals surface area contributed by atoms with Crippen molar-refractivity contribution in [1.29, 1.82) is 0 Å². The Kier molecular flexibility index (Phi) is 6.62. The Morgan fingerprint density at radius 1 is 0.947 bits per heavy atom. The molecule has 2 rings (SSSR count). The molecule has 0 amide bonds. The van der Waals surface area contributed by atoms with Crippen LogP contribution >= 0.6 is 0 Å². The molecule has 2 unspecified atom stereocenters. The highest BCUT2D eigenvalue weighted by molar-refractivity contribution is 4.79. The Labute approximate surface area is 119 Å². The third kappa shape index (κ3) is 5.05. The molecule has 1 saturated carbocycles. The van der Waals surface area contributed by atoms with E-state index >= 15 is 0 Å². The van der Waals surface area contributed by atoms with Gasteiger partial charge in [0.2, 0.25) is 0 Å². The molecular formula is C16H33N3. The lowest BCUT2D eigenvalue weighted by atomic mass is 9.86. The van der Waals surface area contributed by atoms with Crippen LogP contribution in [0.2, 0.25) is 0 Å². The molecule has 19 heavy (non-hydrogen) atoms. The molecule has 1 N–H and O–H groups in total. The van der Waals surface area contributed by atoms with Gasteiger partial charge in [-0.15, -0.1) is 0 Å². The van der Waals surface area contributed by atoms with Crippen molar-refractivity contribution >= 4 is 0 Å². The summed E-state index contributed by atoms with van der Waals surface area (Å²) in [7, 11) is 0. The molecule has 0 bridgehead atoms. The second-order valence-electron chi connectivity index (χ2n) is 6.51. The summed E-state index contributed by atoms with van der Waals surface area (Å²) in [5.41, 5.74) is 0. The van der Waals surface area contributed by atoms with Crippen molar-refractivity contribution in [2.45, 2.75) is 52.0 Å². The summed E-state index contributed by atoms with van der Waals surface area (Å²) in [4.78, 5) is 5.24. The Hall–Kier alpha value is -0.120. The van der Waals surface area contributed by atoms with Crippen LogP contribution in [-0.2, 0) is 0 Å². The van der Waals surface area contributed by atoms with Crippen LogP contribution in [0.4, 0.5) is 0 Å². The zero-order valence-electron chi connectivity index (χ0n) is 13.0. The number of piperazine rings is 1. The van der Waals surface area contributed by atoms with E-state index in [0.29, 0.717) is 0 Å². The van der Waals surface area contributed by atoms with Crippen LogP contribution in [0.5, 0.6) is 0 Å². The fourth-order valence-corrected chi connectivity index (χ4v) is 3.58. The molecule has 2 fully saturated rings. The molecule has 112 valence electrons. The van der Waals surface area contributed by atoms with E-state index in [-0.39, 0.29) is 0 Å². The molecule has 3 nitrogen and oxygen atoms in total. The molecule has 0 aromatic heterocycles. The minimum Gasteiger partial charge on any atom is -0.312 e. The van der Waals surface area contributed by atoms with Crippen LogP contribution < -0.4 is 5.32 Å². The Bertz CT molecular complexity index is 236. The maximum Gasteiger partial charge on any atom is 0.0110 e. The van der Waals surface area contributed by atoms with Crippen molar-refractivity contribution < 1.29 is 0 Å². The van der Waals surface area contributed by atoms with Gasteiger partial charge in [0.15, 0.2) is 0 Å². The number of hydrogen-bond acceptors (Lipinski definition) is 3. The predicted octanol–water partition coefficient (Wildman–Crippen LogP) is 2.18. The third-order valence-electron chi connectivity index (χ3n) is 4.95. The molecular weight excluding hydrogens is 234 g/mol. The van der Waals surface area contributed by atoms with Crippen LogP contribution in [0.1, 0.15) is 46.0 Å². The van der Waals surface area contributed by atoms with Gasteiger partial charge < -0.3 is 10.2 Å². The van der Waals surface area contributed by atoms with Gasteiger partial charge in [0.1, 0.15) is 0 Å². The van der Waals surface area contributed by atoms with Crippen LogP contribution in [-0.4, -0.2) is 61.7 Å². The summed E-state index contributed by atoms with van der Waals surface area (Å²) in [6.45, 7) is 13.5. The van der Waals surface area contributed by atoms with Gasteiger partial charge in [0.25, 0.3) is 0 Å². The molecule has 0 aromatic carbocycles. The lowest BCUT2D eigenvalue weighted by Gasteiger charge is -2.35. The Morgan fingerprint density at radius 3 is 2.21 bits per heavy atom. The van der Waals surface area contributed by atoms with Gasteiger partial charge in [0, 0.05) is 45.3 Å². The predicted molar refractivity (Wildman–Crippen MR) is 82.6 cm³/mol. The van der Waals surface area contributed by atoms with Crippen LogP contribution in [0.3, 0.4) is 0 Å². The maximum atomic E-state index is 3.80. The van der Waals surface area contributed by atoms with Gasteiger partial charge >= 0.3 is 0 Å². The molecule has 0 radical (unpaired) electrons. The van der Waals surface area contributed by atoms with E-state index in [0.717, 1.165) is 12.0 Å². The van der Waals surface area contributed by atoms with Crippen molar-refractivity contribution in [1.82, 2.24) is 15.1 Å². The van der Waals surface area contributed by atoms with Crippen molar-refractivity contribution in [2.24, 2.45) is 5.92 Å². The lowest BCUT2D eigenvalue weighted by Crippen LogP contribution is -2.49. The van der Waals surface area contributed by atoms with E-state index in [4.69, 9.17) is 0 Å². The van der Waals surface area contributed by atoms with Gasteiger partial charge in [-0.3, -0.25) is 4.90 Å². The summed E-state index contributed by atoms with van der Waals surface area (Å²) in [6.07, 6.45) is 6.98. The Balaban J connectivity index is 1.56. The average molecular weight is 267 g/mol. The summed E-state index contributed by atoms with van der Waals surface area (Å²) < 4.78 is 0. The molecule has 3 heteroatoms. The van der Waals surface area contributed by atoms with E-state index < -0.39 is 0 Å². The first kappa shape index (κ1) is 15.3. The highest BCUT2D eigenvalue weighted by atomic mass is 15.3. The summed E-state index contributed by atoms with van der Waals surface area (Å²) in [6, 6.07) is 0.787. The third-order valence-corrected chi connectivity index (χ3v) is 4.95. The first-order chi connectivity index (χ1) is 9.29. The highest BCUT2D eigenvalue weighted by Gasteiger charge is 2.21. The molecule has 2 atom stereocenters. The minimum atomic E-state index is 0.787. The molecule has 1 heterocycles. The molecule has 1 aliphatic heterocycles. The number of hydrogen-bond donors (Lipinski definition) is 1. The van der Waals surface area contributed by atoms with Crippen LogP contribution in [0.25, 0.3) is 0 Å². The van der Waals surface area contributed by atoms with Gasteiger partial charge in [-0.05, 0) is 31.7 Å². The fraction of sp³-hybridized carbons (Fsp3) is 1.00. The summed E-state index contributed by atoms with van der Waals surface area (Å²) in [5.74, 6) is 0.884. The van der Waals surface area contributed by atoms with Gasteiger partial charge in [-0.25, -0.2) is 0 Å². The normalized spacial score (nSPS) is 30.6. The first-order valence-corrected chi connectivity index (χ1v) is 8.47. The molecule has 1 aliphatic carbocycles. The van der Waals surface area contributed by atoms with E-state index in [9.17, 15) is 0 Å². The van der Waals surface area contributed by atoms with E-state index in [1.54, 1.807) is 0 Å². The molecule has 1 saturated heterocycles. The number of nitrogens with zero attached hydrogens (tertiary/aromatic N) is 2. The fourth-order valence-electron chi connectivity index (χ4n) is 3.58. The van der Waals surface area contributed by atoms with Crippen LogP contribution in [0, 0.1) is 5.92 Å². The van der Waals surface area contributed by atoms with Crippen molar-refractivity contribution in [2.75, 3.05) is 45.8 Å². The van der Waals surface area contributed by atoms with E-state index in [1.165, 1.54) is 77.9 Å².